The molecule has 1 aromatic heterocycles. The van der Waals surface area contributed by atoms with Crippen molar-refractivity contribution in [2.45, 2.75) is 38.1 Å². The fourth-order valence-corrected chi connectivity index (χ4v) is 3.50. The molecule has 124 valence electrons. The molecule has 7 nitrogen and oxygen atoms in total. The molecule has 3 heterocycles. The smallest absolute Gasteiger partial charge is 0.326 e. The first-order chi connectivity index (χ1) is 11.2. The van der Waals surface area contributed by atoms with Crippen molar-refractivity contribution in [1.29, 1.82) is 0 Å². The summed E-state index contributed by atoms with van der Waals surface area (Å²) in [6.07, 6.45) is 8.85. The van der Waals surface area contributed by atoms with Crippen molar-refractivity contribution in [2.75, 3.05) is 24.5 Å². The molecule has 3 rings (SSSR count). The van der Waals surface area contributed by atoms with Crippen LogP contribution in [-0.2, 0) is 9.59 Å². The highest BCUT2D eigenvalue weighted by molar-refractivity contribution is 5.85. The molecule has 0 bridgehead atoms. The Labute approximate surface area is 135 Å². The van der Waals surface area contributed by atoms with Gasteiger partial charge in [-0.1, -0.05) is 0 Å². The third kappa shape index (κ3) is 3.43. The highest BCUT2D eigenvalue weighted by Gasteiger charge is 2.36. The lowest BCUT2D eigenvalue weighted by Crippen LogP contribution is -2.51. The van der Waals surface area contributed by atoms with Crippen LogP contribution in [0.15, 0.2) is 18.6 Å². The Morgan fingerprint density at radius 1 is 1.09 bits per heavy atom. The Hall–Kier alpha value is -2.18. The van der Waals surface area contributed by atoms with Crippen LogP contribution in [0.4, 0.5) is 5.82 Å². The van der Waals surface area contributed by atoms with Crippen LogP contribution in [0.25, 0.3) is 0 Å². The van der Waals surface area contributed by atoms with E-state index in [0.29, 0.717) is 13.0 Å². The lowest BCUT2D eigenvalue weighted by atomic mass is 9.92. The molecule has 0 aromatic carbocycles. The van der Waals surface area contributed by atoms with Crippen LogP contribution in [0.3, 0.4) is 0 Å². The van der Waals surface area contributed by atoms with Crippen LogP contribution in [0.2, 0.25) is 0 Å². The maximum absolute atomic E-state index is 12.7. The summed E-state index contributed by atoms with van der Waals surface area (Å²) in [7, 11) is 0. The molecule has 1 N–H and O–H groups in total. The molecule has 1 atom stereocenters. The summed E-state index contributed by atoms with van der Waals surface area (Å²) in [5, 5.41) is 9.33. The lowest BCUT2D eigenvalue weighted by molar-refractivity contribution is -0.154. The molecule has 0 aliphatic carbocycles. The average Bonchev–Trinajstić information content (AvgIpc) is 2.62. The number of nitrogens with zero attached hydrogens (tertiary/aromatic N) is 4. The summed E-state index contributed by atoms with van der Waals surface area (Å²) in [6, 6.07) is -0.644. The van der Waals surface area contributed by atoms with Crippen molar-refractivity contribution < 1.29 is 14.7 Å². The van der Waals surface area contributed by atoms with E-state index in [-0.39, 0.29) is 11.8 Å². The predicted octanol–water partition coefficient (Wildman–Crippen LogP) is 1.16. The van der Waals surface area contributed by atoms with Crippen molar-refractivity contribution >= 4 is 17.7 Å². The first-order valence-electron chi connectivity index (χ1n) is 8.21. The summed E-state index contributed by atoms with van der Waals surface area (Å²) >= 11 is 0. The minimum absolute atomic E-state index is 0.0101. The molecule has 0 spiro atoms. The van der Waals surface area contributed by atoms with E-state index in [4.69, 9.17) is 0 Å². The van der Waals surface area contributed by atoms with Crippen LogP contribution in [0.5, 0.6) is 0 Å². The number of piperidine rings is 2. The van der Waals surface area contributed by atoms with E-state index in [1.165, 1.54) is 0 Å². The van der Waals surface area contributed by atoms with E-state index in [0.717, 1.165) is 44.6 Å². The van der Waals surface area contributed by atoms with E-state index in [1.807, 2.05) is 0 Å². The molecule has 1 aromatic rings. The quantitative estimate of drug-likeness (QED) is 0.900. The molecule has 0 saturated carbocycles. The van der Waals surface area contributed by atoms with Crippen molar-refractivity contribution in [3.8, 4) is 0 Å². The Balaban J connectivity index is 1.60. The monoisotopic (exact) mass is 318 g/mol. The minimum atomic E-state index is -0.880. The van der Waals surface area contributed by atoms with Gasteiger partial charge in [-0.25, -0.2) is 9.78 Å². The number of carboxylic acid groups (broad SMARTS) is 1. The second-order valence-corrected chi connectivity index (χ2v) is 6.21. The Morgan fingerprint density at radius 3 is 2.52 bits per heavy atom. The largest absolute Gasteiger partial charge is 0.480 e. The maximum Gasteiger partial charge on any atom is 0.326 e. The number of hydrogen-bond donors (Lipinski definition) is 1. The minimum Gasteiger partial charge on any atom is -0.480 e. The predicted molar refractivity (Wildman–Crippen MR) is 84.0 cm³/mol. The number of amides is 1. The fraction of sp³-hybridized carbons (Fsp3) is 0.625. The standard InChI is InChI=1S/C16H22N4O3/c21-15(20-8-2-1-3-13(20)16(22)23)12-4-9-19(10-5-12)14-11-17-6-7-18-14/h6-7,11-13H,1-5,8-10H2,(H,22,23)/t13-/m1/s1. The van der Waals surface area contributed by atoms with E-state index in [9.17, 15) is 14.7 Å². The fourth-order valence-electron chi connectivity index (χ4n) is 3.50. The molecule has 2 aliphatic rings. The topological polar surface area (TPSA) is 86.6 Å². The van der Waals surface area contributed by atoms with Crippen molar-refractivity contribution in [3.05, 3.63) is 18.6 Å². The number of rotatable bonds is 3. The molecular formula is C16H22N4O3. The maximum atomic E-state index is 12.7. The van der Waals surface area contributed by atoms with Gasteiger partial charge in [0.1, 0.15) is 11.9 Å². The second kappa shape index (κ2) is 6.93. The van der Waals surface area contributed by atoms with E-state index in [2.05, 4.69) is 14.9 Å². The molecule has 1 amide bonds. The van der Waals surface area contributed by atoms with Gasteiger partial charge in [0.25, 0.3) is 0 Å². The van der Waals surface area contributed by atoms with Crippen LogP contribution < -0.4 is 4.90 Å². The van der Waals surface area contributed by atoms with Gasteiger partial charge in [-0.2, -0.15) is 0 Å². The normalized spacial score (nSPS) is 22.9. The molecular weight excluding hydrogens is 296 g/mol. The number of carboxylic acids is 1. The van der Waals surface area contributed by atoms with Gasteiger partial charge in [0.05, 0.1) is 6.20 Å². The number of aliphatic carboxylic acids is 1. The molecule has 2 fully saturated rings. The zero-order valence-corrected chi connectivity index (χ0v) is 13.1. The summed E-state index contributed by atoms with van der Waals surface area (Å²) in [6.45, 7) is 2.07. The van der Waals surface area contributed by atoms with E-state index >= 15 is 0 Å². The van der Waals surface area contributed by atoms with Crippen LogP contribution in [0, 0.1) is 5.92 Å². The van der Waals surface area contributed by atoms with Gasteiger partial charge in [0.2, 0.25) is 5.91 Å². The van der Waals surface area contributed by atoms with Gasteiger partial charge >= 0.3 is 5.97 Å². The molecule has 0 radical (unpaired) electrons. The number of aromatic nitrogens is 2. The summed E-state index contributed by atoms with van der Waals surface area (Å²) in [5.41, 5.74) is 0. The summed E-state index contributed by atoms with van der Waals surface area (Å²) < 4.78 is 0. The lowest BCUT2D eigenvalue weighted by Gasteiger charge is -2.38. The first kappa shape index (κ1) is 15.7. The van der Waals surface area contributed by atoms with Crippen molar-refractivity contribution in [1.82, 2.24) is 14.9 Å². The molecule has 2 aliphatic heterocycles. The third-order valence-electron chi connectivity index (χ3n) is 4.79. The Morgan fingerprint density at radius 2 is 1.87 bits per heavy atom. The number of hydrogen-bond acceptors (Lipinski definition) is 5. The molecule has 0 unspecified atom stereocenters. The van der Waals surface area contributed by atoms with Crippen molar-refractivity contribution in [2.24, 2.45) is 5.92 Å². The SMILES string of the molecule is O=C(O)[C@H]1CCCCN1C(=O)C1CCN(c2cnccn2)CC1. The highest BCUT2D eigenvalue weighted by atomic mass is 16.4. The van der Waals surface area contributed by atoms with Gasteiger partial charge in [0, 0.05) is 37.9 Å². The molecule has 23 heavy (non-hydrogen) atoms. The number of carbonyl (C=O) groups excluding carboxylic acids is 1. The number of anilines is 1. The van der Waals surface area contributed by atoms with E-state index in [1.54, 1.807) is 23.5 Å². The van der Waals surface area contributed by atoms with Gasteiger partial charge in [0.15, 0.2) is 0 Å². The van der Waals surface area contributed by atoms with Gasteiger partial charge in [-0.05, 0) is 32.1 Å². The van der Waals surface area contributed by atoms with E-state index < -0.39 is 12.0 Å². The molecule has 7 heteroatoms. The third-order valence-corrected chi connectivity index (χ3v) is 4.79. The molecule has 2 saturated heterocycles. The van der Waals surface area contributed by atoms with Crippen molar-refractivity contribution in [3.63, 3.8) is 0 Å². The van der Waals surface area contributed by atoms with Gasteiger partial charge < -0.3 is 14.9 Å². The second-order valence-electron chi connectivity index (χ2n) is 6.21. The Kier molecular flexibility index (Phi) is 4.73. The average molecular weight is 318 g/mol. The zero-order valence-electron chi connectivity index (χ0n) is 13.1. The first-order valence-corrected chi connectivity index (χ1v) is 8.21. The van der Waals surface area contributed by atoms with Crippen LogP contribution in [0.1, 0.15) is 32.1 Å². The number of likely N-dealkylation sites (tertiary alicyclic amines) is 1. The van der Waals surface area contributed by atoms with Crippen LogP contribution >= 0.6 is 0 Å². The zero-order chi connectivity index (χ0) is 16.2. The van der Waals surface area contributed by atoms with Gasteiger partial charge in [-0.15, -0.1) is 0 Å². The summed E-state index contributed by atoms with van der Waals surface area (Å²) in [4.78, 5) is 36.2. The number of carbonyl (C=O) groups is 2. The van der Waals surface area contributed by atoms with Crippen LogP contribution in [-0.4, -0.2) is 57.5 Å². The Bertz CT molecular complexity index is 558. The summed E-state index contributed by atoms with van der Waals surface area (Å²) in [5.74, 6) is -0.117. The highest BCUT2D eigenvalue weighted by Crippen LogP contribution is 2.26. The van der Waals surface area contributed by atoms with Gasteiger partial charge in [-0.3, -0.25) is 9.78 Å².